The normalized spacial score (nSPS) is 24.0. The van der Waals surface area contributed by atoms with E-state index in [9.17, 15) is 35.8 Å². The van der Waals surface area contributed by atoms with Gasteiger partial charge >= 0.3 is 0 Å². The Balaban J connectivity index is 0.000000250. The van der Waals surface area contributed by atoms with Crippen LogP contribution in [0.15, 0.2) is 50.7 Å². The van der Waals surface area contributed by atoms with Crippen molar-refractivity contribution in [2.24, 2.45) is 11.8 Å². The highest BCUT2D eigenvalue weighted by Crippen LogP contribution is 2.26. The molecule has 4 rings (SSSR count). The minimum absolute atomic E-state index is 0.00362. The molecule has 16 heteroatoms. The van der Waals surface area contributed by atoms with Crippen LogP contribution in [0.3, 0.4) is 0 Å². The molecule has 0 radical (unpaired) electrons. The number of likely N-dealkylation sites (tertiary alicyclic amines) is 2. The van der Waals surface area contributed by atoms with E-state index in [4.69, 9.17) is 11.6 Å². The molecule has 0 aliphatic carbocycles. The molecule has 0 spiro atoms. The van der Waals surface area contributed by atoms with E-state index in [1.165, 1.54) is 12.1 Å². The lowest BCUT2D eigenvalue weighted by Gasteiger charge is -2.24. The zero-order valence-electron chi connectivity index (χ0n) is 26.3. The summed E-state index contributed by atoms with van der Waals surface area (Å²) in [6.07, 6.45) is 0.455. The fourth-order valence-corrected chi connectivity index (χ4v) is 9.15. The number of β-amino-alcohol motifs (C(OH)–C–C–N with tert-alkyl or cyclic N) is 2. The van der Waals surface area contributed by atoms with Crippen molar-refractivity contribution < 1.29 is 35.8 Å². The number of aliphatic hydroxyl groups excluding tert-OH is 2. The molecule has 2 aromatic rings. The Labute approximate surface area is 284 Å². The van der Waals surface area contributed by atoms with Crippen LogP contribution >= 0.6 is 27.5 Å². The summed E-state index contributed by atoms with van der Waals surface area (Å²) in [6.45, 7) is 10.8. The number of nitrogens with one attached hydrogen (secondary N) is 2. The molecule has 2 aliphatic rings. The summed E-state index contributed by atoms with van der Waals surface area (Å²) < 4.78 is 80.5. The van der Waals surface area contributed by atoms with E-state index in [0.29, 0.717) is 47.5 Å². The van der Waals surface area contributed by atoms with Gasteiger partial charge in [-0.05, 0) is 74.9 Å². The lowest BCUT2D eigenvalue weighted by Crippen LogP contribution is -2.41. The van der Waals surface area contributed by atoms with E-state index in [0.717, 1.165) is 38.1 Å². The Hall–Kier alpha value is -1.27. The first-order valence-corrected chi connectivity index (χ1v) is 19.2. The number of nitrogens with zero attached hydrogens (tertiary/aromatic N) is 2. The smallest absolute Gasteiger partial charge is 0.243 e. The Kier molecular flexibility index (Phi) is 14.4. The monoisotopic (exact) mass is 772 g/mol. The second-order valence-electron chi connectivity index (χ2n) is 12.4. The minimum Gasteiger partial charge on any atom is -0.390 e. The molecule has 46 heavy (non-hydrogen) atoms. The number of halogens is 4. The number of sulfonamides is 2. The SMILES string of the molecule is CC1CC(C)N(C[C@@H](O)CNS(=O)(=O)c2cc(Br)ccc2Cl)C1.CC1CC(C)N(C[C@@H](O)CNS(=O)(=O)c2cc(F)ccc2F)C1. The van der Waals surface area contributed by atoms with Crippen LogP contribution in [0.1, 0.15) is 40.5 Å². The van der Waals surface area contributed by atoms with Gasteiger partial charge in [-0.25, -0.2) is 35.1 Å². The van der Waals surface area contributed by atoms with Gasteiger partial charge in [0.2, 0.25) is 20.0 Å². The molecule has 4 N–H and O–H groups in total. The van der Waals surface area contributed by atoms with Gasteiger partial charge in [0.1, 0.15) is 21.4 Å². The van der Waals surface area contributed by atoms with Crippen LogP contribution < -0.4 is 9.44 Å². The van der Waals surface area contributed by atoms with E-state index in [2.05, 4.69) is 62.9 Å². The highest BCUT2D eigenvalue weighted by atomic mass is 79.9. The minimum atomic E-state index is -4.21. The molecule has 2 fully saturated rings. The highest BCUT2D eigenvalue weighted by Gasteiger charge is 2.29. The van der Waals surface area contributed by atoms with E-state index in [1.54, 1.807) is 6.07 Å². The summed E-state index contributed by atoms with van der Waals surface area (Å²) in [7, 11) is -7.97. The quantitative estimate of drug-likeness (QED) is 0.256. The molecule has 2 saturated heterocycles. The molecular formula is C30H44BrClF2N4O6S2. The molecule has 10 nitrogen and oxygen atoms in total. The fourth-order valence-electron chi connectivity index (χ4n) is 5.89. The summed E-state index contributed by atoms with van der Waals surface area (Å²) in [5.74, 6) is -0.729. The van der Waals surface area contributed by atoms with Gasteiger partial charge in [0, 0.05) is 55.8 Å². The van der Waals surface area contributed by atoms with Crippen molar-refractivity contribution in [2.45, 2.75) is 74.6 Å². The Morgan fingerprint density at radius 1 is 0.826 bits per heavy atom. The summed E-state index contributed by atoms with van der Waals surface area (Å²) in [5.41, 5.74) is 0. The molecule has 2 aliphatic heterocycles. The van der Waals surface area contributed by atoms with E-state index in [-0.39, 0.29) is 23.0 Å². The largest absolute Gasteiger partial charge is 0.390 e. The fraction of sp³-hybridized carbons (Fsp3) is 0.600. The third-order valence-corrected chi connectivity index (χ3v) is 11.9. The van der Waals surface area contributed by atoms with Gasteiger partial charge in [-0.1, -0.05) is 41.4 Å². The number of hydrogen-bond acceptors (Lipinski definition) is 8. The molecule has 0 amide bonds. The first-order valence-electron chi connectivity index (χ1n) is 15.1. The first-order chi connectivity index (χ1) is 21.4. The van der Waals surface area contributed by atoms with Crippen LogP contribution in [0, 0.1) is 23.5 Å². The number of benzene rings is 2. The molecule has 260 valence electrons. The topological polar surface area (TPSA) is 139 Å². The average Bonchev–Trinajstić information content (AvgIpc) is 3.46. The Bertz CT molecular complexity index is 1430. The van der Waals surface area contributed by atoms with Gasteiger partial charge in [0.05, 0.1) is 17.2 Å². The van der Waals surface area contributed by atoms with Crippen LogP contribution in [-0.2, 0) is 20.0 Å². The van der Waals surface area contributed by atoms with Crippen molar-refractivity contribution in [1.29, 1.82) is 0 Å². The standard InChI is InChI=1S/C15H22BrClN2O3S.C15H22F2N2O3S/c2*1-10-5-11(2)19(8-10)9-13(20)7-18-23(21,22)15-6-12(16)3-4-14(15)17/h2*3-4,6,10-11,13,18,20H,5,7-9H2,1-2H3/t2*10?,11?,13-/m00/s1. The van der Waals surface area contributed by atoms with Crippen LogP contribution in [0.2, 0.25) is 5.02 Å². The third kappa shape index (κ3) is 11.4. The average molecular weight is 774 g/mol. The van der Waals surface area contributed by atoms with Crippen molar-refractivity contribution in [1.82, 2.24) is 19.2 Å². The zero-order chi connectivity index (χ0) is 34.4. The predicted molar refractivity (Wildman–Crippen MR) is 178 cm³/mol. The molecule has 2 aromatic carbocycles. The maximum Gasteiger partial charge on any atom is 0.243 e. The summed E-state index contributed by atoms with van der Waals surface area (Å²) >= 11 is 9.19. The van der Waals surface area contributed by atoms with Crippen LogP contribution in [-0.4, -0.2) is 100 Å². The van der Waals surface area contributed by atoms with Crippen molar-refractivity contribution in [2.75, 3.05) is 39.3 Å². The maximum atomic E-state index is 13.6. The second kappa shape index (κ2) is 16.9. The molecule has 2 heterocycles. The van der Waals surface area contributed by atoms with Crippen molar-refractivity contribution in [3.8, 4) is 0 Å². The van der Waals surface area contributed by atoms with Gasteiger partial charge in [0.25, 0.3) is 0 Å². The highest BCUT2D eigenvalue weighted by molar-refractivity contribution is 9.10. The lowest BCUT2D eigenvalue weighted by molar-refractivity contribution is 0.111. The van der Waals surface area contributed by atoms with Gasteiger partial charge < -0.3 is 10.2 Å². The Morgan fingerprint density at radius 2 is 1.30 bits per heavy atom. The maximum absolute atomic E-state index is 13.6. The van der Waals surface area contributed by atoms with E-state index < -0.39 is 48.8 Å². The third-order valence-electron chi connectivity index (χ3n) is 8.10. The number of rotatable bonds is 12. The predicted octanol–water partition coefficient (Wildman–Crippen LogP) is 3.81. The van der Waals surface area contributed by atoms with Gasteiger partial charge in [-0.2, -0.15) is 0 Å². The molecule has 6 atom stereocenters. The summed E-state index contributed by atoms with van der Waals surface area (Å²) in [5, 5.41) is 20.3. The second-order valence-corrected chi connectivity index (χ2v) is 17.2. The van der Waals surface area contributed by atoms with Gasteiger partial charge in [-0.15, -0.1) is 0 Å². The van der Waals surface area contributed by atoms with Gasteiger partial charge in [-0.3, -0.25) is 9.80 Å². The Morgan fingerprint density at radius 3 is 1.76 bits per heavy atom. The molecule has 0 bridgehead atoms. The number of hydrogen-bond donors (Lipinski definition) is 4. The summed E-state index contributed by atoms with van der Waals surface area (Å²) in [6, 6.07) is 7.60. The molecule has 0 saturated carbocycles. The zero-order valence-corrected chi connectivity index (χ0v) is 30.3. The molecule has 4 unspecified atom stereocenters. The first kappa shape index (κ1) is 39.2. The van der Waals surface area contributed by atoms with E-state index >= 15 is 0 Å². The molecular weight excluding hydrogens is 730 g/mol. The molecule has 0 aromatic heterocycles. The number of aliphatic hydroxyl groups is 2. The van der Waals surface area contributed by atoms with E-state index in [1.807, 2.05) is 0 Å². The lowest BCUT2D eigenvalue weighted by atomic mass is 10.1. The van der Waals surface area contributed by atoms with Crippen LogP contribution in [0.4, 0.5) is 8.78 Å². The van der Waals surface area contributed by atoms with Crippen LogP contribution in [0.25, 0.3) is 0 Å². The summed E-state index contributed by atoms with van der Waals surface area (Å²) in [4.78, 5) is 3.53. The van der Waals surface area contributed by atoms with Crippen molar-refractivity contribution in [3.05, 3.63) is 57.5 Å². The van der Waals surface area contributed by atoms with Crippen molar-refractivity contribution >= 4 is 47.6 Å². The van der Waals surface area contributed by atoms with Crippen molar-refractivity contribution in [3.63, 3.8) is 0 Å². The van der Waals surface area contributed by atoms with Gasteiger partial charge in [0.15, 0.2) is 0 Å². The van der Waals surface area contributed by atoms with Crippen LogP contribution in [0.5, 0.6) is 0 Å².